The smallest absolute Gasteiger partial charge is 0.118 e. The predicted molar refractivity (Wildman–Crippen MR) is 136 cm³/mol. The van der Waals surface area contributed by atoms with Gasteiger partial charge in [-0.3, -0.25) is 0 Å². The van der Waals surface area contributed by atoms with Crippen molar-refractivity contribution in [1.29, 1.82) is 0 Å². The minimum absolute atomic E-state index is 0.176. The number of fused-ring (bicyclic) bond motifs is 1. The maximum Gasteiger partial charge on any atom is 0.118 e. The normalized spacial score (nSPS) is 12.2. The lowest BCUT2D eigenvalue weighted by molar-refractivity contribution is 0.666. The number of halogens is 1. The molecular formula is C28H23IN2. The Hall–Kier alpha value is -2.92. The Morgan fingerprint density at radius 2 is 1.29 bits per heavy atom. The van der Waals surface area contributed by atoms with E-state index < -0.39 is 0 Å². The molecule has 0 aliphatic rings. The maximum absolute atomic E-state index is 5.17. The molecule has 1 heterocycles. The molecule has 1 atom stereocenters. The second-order valence-corrected chi connectivity index (χ2v) is 9.07. The Bertz CT molecular complexity index is 1280. The summed E-state index contributed by atoms with van der Waals surface area (Å²) in [6, 6.07) is 38.8. The Labute approximate surface area is 196 Å². The summed E-state index contributed by atoms with van der Waals surface area (Å²) in [4.78, 5) is 5.17. The third kappa shape index (κ3) is 4.42. The third-order valence-electron chi connectivity index (χ3n) is 5.73. The van der Waals surface area contributed by atoms with Gasteiger partial charge in [0.05, 0.1) is 11.0 Å². The Morgan fingerprint density at radius 1 is 0.677 bits per heavy atom. The van der Waals surface area contributed by atoms with Gasteiger partial charge in [0.2, 0.25) is 0 Å². The van der Waals surface area contributed by atoms with Gasteiger partial charge in [0.1, 0.15) is 5.82 Å². The molecule has 0 saturated heterocycles. The number of hydrogen-bond acceptors (Lipinski definition) is 1. The van der Waals surface area contributed by atoms with Crippen molar-refractivity contribution in [3.05, 3.63) is 135 Å². The summed E-state index contributed by atoms with van der Waals surface area (Å²) in [5.41, 5.74) is 6.15. The van der Waals surface area contributed by atoms with Crippen LogP contribution in [0.15, 0.2) is 109 Å². The van der Waals surface area contributed by atoms with Gasteiger partial charge in [0, 0.05) is 16.0 Å². The van der Waals surface area contributed by atoms with Gasteiger partial charge < -0.3 is 4.57 Å². The van der Waals surface area contributed by atoms with Crippen molar-refractivity contribution >= 4 is 33.6 Å². The highest BCUT2D eigenvalue weighted by Gasteiger charge is 2.23. The van der Waals surface area contributed by atoms with Crippen LogP contribution in [0, 0.1) is 3.57 Å². The molecule has 0 fully saturated rings. The summed E-state index contributed by atoms with van der Waals surface area (Å²) < 4.78 is 3.65. The molecule has 0 aliphatic heterocycles. The van der Waals surface area contributed by atoms with Crippen LogP contribution in [0.5, 0.6) is 0 Å². The van der Waals surface area contributed by atoms with Crippen LogP contribution >= 0.6 is 22.6 Å². The van der Waals surface area contributed by atoms with Gasteiger partial charge in [0.15, 0.2) is 0 Å². The summed E-state index contributed by atoms with van der Waals surface area (Å²) in [6.45, 7) is 0.812. The Morgan fingerprint density at radius 3 is 2.00 bits per heavy atom. The molecule has 5 rings (SSSR count). The van der Waals surface area contributed by atoms with Crippen LogP contribution in [0.1, 0.15) is 28.4 Å². The monoisotopic (exact) mass is 514 g/mol. The number of nitrogens with zero attached hydrogens (tertiary/aromatic N) is 2. The van der Waals surface area contributed by atoms with E-state index in [1.165, 1.54) is 25.8 Å². The molecule has 1 unspecified atom stereocenters. The number of rotatable bonds is 6. The van der Waals surface area contributed by atoms with E-state index in [-0.39, 0.29) is 5.92 Å². The molecule has 0 spiro atoms. The van der Waals surface area contributed by atoms with Gasteiger partial charge in [-0.15, -0.1) is 0 Å². The van der Waals surface area contributed by atoms with E-state index in [4.69, 9.17) is 4.98 Å². The highest BCUT2D eigenvalue weighted by atomic mass is 127. The summed E-state index contributed by atoms with van der Waals surface area (Å²) in [5.74, 6) is 1.30. The zero-order chi connectivity index (χ0) is 21.0. The van der Waals surface area contributed by atoms with E-state index in [1.807, 2.05) is 0 Å². The van der Waals surface area contributed by atoms with Crippen molar-refractivity contribution in [2.75, 3.05) is 0 Å². The van der Waals surface area contributed by atoms with Gasteiger partial charge in [-0.25, -0.2) is 4.98 Å². The second-order valence-electron chi connectivity index (χ2n) is 7.82. The van der Waals surface area contributed by atoms with Crippen LogP contribution in [0.3, 0.4) is 0 Å². The first kappa shape index (κ1) is 20.0. The van der Waals surface area contributed by atoms with Crippen LogP contribution in [-0.2, 0) is 13.0 Å². The van der Waals surface area contributed by atoms with E-state index in [0.717, 1.165) is 24.3 Å². The van der Waals surface area contributed by atoms with Gasteiger partial charge in [0.25, 0.3) is 0 Å². The van der Waals surface area contributed by atoms with Gasteiger partial charge in [-0.1, -0.05) is 84.9 Å². The molecule has 0 saturated carbocycles. The summed E-state index contributed by atoms with van der Waals surface area (Å²) in [6.07, 6.45) is 0.916. The number of para-hydroxylation sites is 2. The minimum atomic E-state index is 0.176. The van der Waals surface area contributed by atoms with Crippen molar-refractivity contribution in [3.63, 3.8) is 0 Å². The highest BCUT2D eigenvalue weighted by molar-refractivity contribution is 14.1. The largest absolute Gasteiger partial charge is 0.323 e. The molecule has 1 aromatic heterocycles. The SMILES string of the molecule is Ic1ccc(C(Cc2ccccc2)c2nc3ccccc3n2Cc2ccccc2)cc1. The van der Waals surface area contributed by atoms with Crippen LogP contribution in [0.4, 0.5) is 0 Å². The summed E-state index contributed by atoms with van der Waals surface area (Å²) in [5, 5.41) is 0. The molecule has 0 radical (unpaired) electrons. The van der Waals surface area contributed by atoms with Crippen molar-refractivity contribution in [2.24, 2.45) is 0 Å². The van der Waals surface area contributed by atoms with Crippen LogP contribution in [-0.4, -0.2) is 9.55 Å². The van der Waals surface area contributed by atoms with E-state index in [2.05, 4.69) is 136 Å². The molecule has 0 aliphatic carbocycles. The second kappa shape index (κ2) is 9.06. The zero-order valence-electron chi connectivity index (χ0n) is 17.2. The molecule has 152 valence electrons. The quantitative estimate of drug-likeness (QED) is 0.222. The van der Waals surface area contributed by atoms with Crippen LogP contribution in [0.2, 0.25) is 0 Å². The first-order chi connectivity index (χ1) is 15.3. The van der Waals surface area contributed by atoms with E-state index in [0.29, 0.717) is 0 Å². The van der Waals surface area contributed by atoms with E-state index in [1.54, 1.807) is 0 Å². The molecule has 4 aromatic carbocycles. The maximum atomic E-state index is 5.17. The average Bonchev–Trinajstić information content (AvgIpc) is 3.18. The zero-order valence-corrected chi connectivity index (χ0v) is 19.3. The Balaban J connectivity index is 1.66. The van der Waals surface area contributed by atoms with E-state index >= 15 is 0 Å². The first-order valence-corrected chi connectivity index (χ1v) is 11.6. The molecule has 0 amide bonds. The lowest BCUT2D eigenvalue weighted by Crippen LogP contribution is -2.14. The topological polar surface area (TPSA) is 17.8 Å². The molecule has 5 aromatic rings. The highest BCUT2D eigenvalue weighted by Crippen LogP contribution is 2.32. The summed E-state index contributed by atoms with van der Waals surface area (Å²) in [7, 11) is 0. The fourth-order valence-corrected chi connectivity index (χ4v) is 4.55. The van der Waals surface area contributed by atoms with Gasteiger partial charge in [-0.2, -0.15) is 0 Å². The lowest BCUT2D eigenvalue weighted by atomic mass is 9.91. The third-order valence-corrected chi connectivity index (χ3v) is 6.45. The standard InChI is InChI=1S/C28H23IN2/c29-24-17-15-23(16-18-24)25(19-21-9-3-1-4-10-21)28-30-26-13-7-8-14-27(26)31(28)20-22-11-5-2-6-12-22/h1-18,25H,19-20H2. The minimum Gasteiger partial charge on any atom is -0.323 e. The average molecular weight is 514 g/mol. The predicted octanol–water partition coefficient (Wildman–Crippen LogP) is 7.06. The van der Waals surface area contributed by atoms with Gasteiger partial charge >= 0.3 is 0 Å². The van der Waals surface area contributed by atoms with Crippen molar-refractivity contribution < 1.29 is 0 Å². The van der Waals surface area contributed by atoms with Crippen molar-refractivity contribution in [1.82, 2.24) is 9.55 Å². The summed E-state index contributed by atoms with van der Waals surface area (Å²) >= 11 is 2.37. The number of hydrogen-bond donors (Lipinski definition) is 0. The molecular weight excluding hydrogens is 491 g/mol. The van der Waals surface area contributed by atoms with Crippen molar-refractivity contribution in [2.45, 2.75) is 18.9 Å². The lowest BCUT2D eigenvalue weighted by Gasteiger charge is -2.20. The van der Waals surface area contributed by atoms with E-state index in [9.17, 15) is 0 Å². The Kier molecular flexibility index (Phi) is 5.85. The fourth-order valence-electron chi connectivity index (χ4n) is 4.20. The van der Waals surface area contributed by atoms with Gasteiger partial charge in [-0.05, 0) is 70.0 Å². The molecule has 2 nitrogen and oxygen atoms in total. The molecule has 31 heavy (non-hydrogen) atoms. The number of imidazole rings is 1. The molecule has 0 bridgehead atoms. The first-order valence-electron chi connectivity index (χ1n) is 10.6. The number of aromatic nitrogens is 2. The van der Waals surface area contributed by atoms with Crippen molar-refractivity contribution in [3.8, 4) is 0 Å². The van der Waals surface area contributed by atoms with Crippen LogP contribution in [0.25, 0.3) is 11.0 Å². The molecule has 0 N–H and O–H groups in total. The van der Waals surface area contributed by atoms with Crippen LogP contribution < -0.4 is 0 Å². The number of benzene rings is 4. The molecule has 3 heteroatoms. The fraction of sp³-hybridized carbons (Fsp3) is 0.107.